The molecule has 0 aliphatic rings. The summed E-state index contributed by atoms with van der Waals surface area (Å²) in [4.78, 5) is 12.1. The van der Waals surface area contributed by atoms with E-state index in [1.165, 1.54) is 5.56 Å². The number of benzene rings is 1. The Bertz CT molecular complexity index is 380. The topological polar surface area (TPSA) is 32.3 Å². The van der Waals surface area contributed by atoms with Crippen molar-refractivity contribution >= 4 is 5.91 Å². The molecule has 17 heavy (non-hydrogen) atoms. The first kappa shape index (κ1) is 13.7. The van der Waals surface area contributed by atoms with Gasteiger partial charge in [0, 0.05) is 14.1 Å². The van der Waals surface area contributed by atoms with Crippen LogP contribution in [0.1, 0.15) is 31.9 Å². The number of aryl methyl sites for hydroxylation is 1. The third kappa shape index (κ3) is 3.30. The zero-order valence-electron chi connectivity index (χ0n) is 11.4. The fraction of sp³-hybridized carbons (Fsp3) is 0.500. The van der Waals surface area contributed by atoms with Crippen LogP contribution in [0.5, 0.6) is 0 Å². The highest BCUT2D eigenvalue weighted by atomic mass is 16.2. The molecule has 0 saturated carbocycles. The lowest BCUT2D eigenvalue weighted by atomic mass is 9.83. The summed E-state index contributed by atoms with van der Waals surface area (Å²) in [6, 6.07) is 8.24. The highest BCUT2D eigenvalue weighted by Gasteiger charge is 2.29. The number of hydrazine groups is 1. The Balaban J connectivity index is 2.91. The molecule has 0 radical (unpaired) electrons. The molecule has 1 rings (SSSR count). The number of nitrogens with one attached hydrogen (secondary N) is 1. The van der Waals surface area contributed by atoms with Gasteiger partial charge in [0.05, 0.1) is 5.41 Å². The first-order valence-corrected chi connectivity index (χ1v) is 5.95. The number of hydrogen-bond donors (Lipinski definition) is 1. The number of carbonyl (C=O) groups excluding carboxylic acids is 1. The number of nitrogens with zero attached hydrogens (tertiary/aromatic N) is 1. The summed E-state index contributed by atoms with van der Waals surface area (Å²) in [6.45, 7) is 6.00. The average Bonchev–Trinajstić information content (AvgIpc) is 2.28. The van der Waals surface area contributed by atoms with Crippen molar-refractivity contribution in [2.24, 2.45) is 0 Å². The minimum Gasteiger partial charge on any atom is -0.289 e. The Morgan fingerprint density at radius 2 is 1.76 bits per heavy atom. The molecule has 1 aromatic carbocycles. The van der Waals surface area contributed by atoms with E-state index in [2.05, 4.69) is 24.5 Å². The first-order valence-electron chi connectivity index (χ1n) is 5.95. The Labute approximate surface area is 104 Å². The van der Waals surface area contributed by atoms with Gasteiger partial charge in [-0.3, -0.25) is 10.2 Å². The van der Waals surface area contributed by atoms with Crippen LogP contribution >= 0.6 is 0 Å². The van der Waals surface area contributed by atoms with Gasteiger partial charge in [-0.2, -0.15) is 0 Å². The maximum absolute atomic E-state index is 12.1. The van der Waals surface area contributed by atoms with Crippen LogP contribution in [0.2, 0.25) is 0 Å². The molecular weight excluding hydrogens is 212 g/mol. The van der Waals surface area contributed by atoms with E-state index in [-0.39, 0.29) is 5.91 Å². The molecule has 1 N–H and O–H groups in total. The van der Waals surface area contributed by atoms with Gasteiger partial charge >= 0.3 is 0 Å². The van der Waals surface area contributed by atoms with Gasteiger partial charge in [-0.1, -0.05) is 31.2 Å². The first-order chi connectivity index (χ1) is 7.87. The van der Waals surface area contributed by atoms with Crippen LogP contribution in [0, 0.1) is 0 Å². The van der Waals surface area contributed by atoms with Gasteiger partial charge in [0.15, 0.2) is 0 Å². The molecule has 1 amide bonds. The molecule has 0 aliphatic heterocycles. The number of amides is 1. The average molecular weight is 234 g/mol. The standard InChI is InChI=1S/C14H22N2O/c1-6-11-7-9-12(10-8-11)14(2,3)13(17)15-16(4)5/h7-10H,6H2,1-5H3,(H,15,17). The highest BCUT2D eigenvalue weighted by Crippen LogP contribution is 2.23. The zero-order chi connectivity index (χ0) is 13.1. The lowest BCUT2D eigenvalue weighted by Crippen LogP contribution is -2.46. The Morgan fingerprint density at radius 3 is 2.18 bits per heavy atom. The van der Waals surface area contributed by atoms with Crippen molar-refractivity contribution in [1.29, 1.82) is 0 Å². The third-order valence-corrected chi connectivity index (χ3v) is 2.98. The summed E-state index contributed by atoms with van der Waals surface area (Å²) in [7, 11) is 3.63. The summed E-state index contributed by atoms with van der Waals surface area (Å²) in [5, 5.41) is 1.67. The zero-order valence-corrected chi connectivity index (χ0v) is 11.4. The Morgan fingerprint density at radius 1 is 1.24 bits per heavy atom. The second-order valence-corrected chi connectivity index (χ2v) is 5.01. The van der Waals surface area contributed by atoms with Gasteiger partial charge < -0.3 is 0 Å². The molecule has 1 aromatic rings. The van der Waals surface area contributed by atoms with Gasteiger partial charge in [-0.15, -0.1) is 0 Å². The Kier molecular flexibility index (Phi) is 4.29. The lowest BCUT2D eigenvalue weighted by molar-refractivity contribution is -0.129. The smallest absolute Gasteiger partial charge is 0.244 e. The van der Waals surface area contributed by atoms with E-state index in [9.17, 15) is 4.79 Å². The normalized spacial score (nSPS) is 11.6. The van der Waals surface area contributed by atoms with Crippen molar-refractivity contribution in [1.82, 2.24) is 10.4 Å². The van der Waals surface area contributed by atoms with E-state index in [1.807, 2.05) is 40.1 Å². The van der Waals surface area contributed by atoms with E-state index < -0.39 is 5.41 Å². The predicted octanol–water partition coefficient (Wildman–Crippen LogP) is 2.12. The molecule has 94 valence electrons. The quantitative estimate of drug-likeness (QED) is 0.809. The maximum atomic E-state index is 12.1. The minimum absolute atomic E-state index is 0.00625. The van der Waals surface area contributed by atoms with Crippen molar-refractivity contribution in [2.75, 3.05) is 14.1 Å². The van der Waals surface area contributed by atoms with E-state index >= 15 is 0 Å². The summed E-state index contributed by atoms with van der Waals surface area (Å²) >= 11 is 0. The van der Waals surface area contributed by atoms with Crippen molar-refractivity contribution < 1.29 is 4.79 Å². The SMILES string of the molecule is CCc1ccc(C(C)(C)C(=O)NN(C)C)cc1. The second kappa shape index (κ2) is 5.32. The molecular formula is C14H22N2O. The summed E-state index contributed by atoms with van der Waals surface area (Å²) < 4.78 is 0. The van der Waals surface area contributed by atoms with Gasteiger partial charge in [0.1, 0.15) is 0 Å². The highest BCUT2D eigenvalue weighted by molar-refractivity contribution is 5.86. The van der Waals surface area contributed by atoms with Crippen molar-refractivity contribution in [3.05, 3.63) is 35.4 Å². The van der Waals surface area contributed by atoms with E-state index in [1.54, 1.807) is 5.01 Å². The van der Waals surface area contributed by atoms with Crippen LogP contribution in [0.4, 0.5) is 0 Å². The molecule has 0 aliphatic carbocycles. The number of rotatable bonds is 4. The minimum atomic E-state index is -0.517. The van der Waals surface area contributed by atoms with E-state index in [4.69, 9.17) is 0 Å². The summed E-state index contributed by atoms with van der Waals surface area (Å²) in [5.41, 5.74) is 4.61. The molecule has 0 spiro atoms. The fourth-order valence-corrected chi connectivity index (χ4v) is 1.63. The molecule has 0 aromatic heterocycles. The largest absolute Gasteiger partial charge is 0.289 e. The molecule has 3 nitrogen and oxygen atoms in total. The second-order valence-electron chi connectivity index (χ2n) is 5.01. The molecule has 0 fully saturated rings. The van der Waals surface area contributed by atoms with Gasteiger partial charge in [-0.25, -0.2) is 5.01 Å². The van der Waals surface area contributed by atoms with E-state index in [0.717, 1.165) is 12.0 Å². The van der Waals surface area contributed by atoms with Gasteiger partial charge in [0.2, 0.25) is 5.91 Å². The summed E-state index contributed by atoms with van der Waals surface area (Å²) in [5.74, 6) is 0.00625. The molecule has 0 bridgehead atoms. The van der Waals surface area contributed by atoms with E-state index in [0.29, 0.717) is 0 Å². The molecule has 0 unspecified atom stereocenters. The van der Waals surface area contributed by atoms with Crippen molar-refractivity contribution in [3.8, 4) is 0 Å². The van der Waals surface area contributed by atoms with Crippen LogP contribution in [0.3, 0.4) is 0 Å². The number of hydrogen-bond acceptors (Lipinski definition) is 2. The van der Waals surface area contributed by atoms with Crippen molar-refractivity contribution in [2.45, 2.75) is 32.6 Å². The Hall–Kier alpha value is -1.35. The maximum Gasteiger partial charge on any atom is 0.244 e. The molecule has 3 heteroatoms. The predicted molar refractivity (Wildman–Crippen MR) is 70.7 cm³/mol. The monoisotopic (exact) mass is 234 g/mol. The lowest BCUT2D eigenvalue weighted by Gasteiger charge is -2.26. The molecule has 0 heterocycles. The molecule has 0 saturated heterocycles. The van der Waals surface area contributed by atoms with Gasteiger partial charge in [-0.05, 0) is 31.4 Å². The van der Waals surface area contributed by atoms with Gasteiger partial charge in [0.25, 0.3) is 0 Å². The fourth-order valence-electron chi connectivity index (χ4n) is 1.63. The van der Waals surface area contributed by atoms with Crippen LogP contribution in [0.25, 0.3) is 0 Å². The van der Waals surface area contributed by atoms with Crippen LogP contribution in [-0.4, -0.2) is 25.0 Å². The number of carbonyl (C=O) groups is 1. The summed E-state index contributed by atoms with van der Waals surface area (Å²) in [6.07, 6.45) is 1.02. The third-order valence-electron chi connectivity index (χ3n) is 2.98. The van der Waals surface area contributed by atoms with Crippen LogP contribution in [0.15, 0.2) is 24.3 Å². The van der Waals surface area contributed by atoms with Crippen LogP contribution < -0.4 is 5.43 Å². The molecule has 0 atom stereocenters. The van der Waals surface area contributed by atoms with Crippen LogP contribution in [-0.2, 0) is 16.6 Å². The van der Waals surface area contributed by atoms with Crippen molar-refractivity contribution in [3.63, 3.8) is 0 Å².